The number of rotatable bonds is 6. The van der Waals surface area contributed by atoms with Gasteiger partial charge in [-0.25, -0.2) is 4.98 Å². The van der Waals surface area contributed by atoms with Crippen molar-refractivity contribution < 1.29 is 13.9 Å². The first kappa shape index (κ1) is 18.7. The summed E-state index contributed by atoms with van der Waals surface area (Å²) in [5.74, 6) is 2.50. The largest absolute Gasteiger partial charge is 0.493 e. The van der Waals surface area contributed by atoms with Crippen molar-refractivity contribution in [3.63, 3.8) is 0 Å². The van der Waals surface area contributed by atoms with Gasteiger partial charge in [0.1, 0.15) is 11.6 Å². The Morgan fingerprint density at radius 3 is 2.66 bits per heavy atom. The van der Waals surface area contributed by atoms with E-state index in [1.165, 1.54) is 0 Å². The number of ether oxygens (including phenoxy) is 2. The number of H-pyrrole nitrogens is 1. The molecule has 0 unspecified atom stereocenters. The molecule has 3 heterocycles. The predicted octanol–water partition coefficient (Wildman–Crippen LogP) is 3.48. The van der Waals surface area contributed by atoms with Gasteiger partial charge in [0.25, 0.3) is 0 Å². The Balaban J connectivity index is 1.86. The zero-order chi connectivity index (χ0) is 20.5. The fourth-order valence-corrected chi connectivity index (χ4v) is 3.48. The number of nitrogens with zero attached hydrogens (tertiary/aromatic N) is 2. The summed E-state index contributed by atoms with van der Waals surface area (Å²) in [6, 6.07) is 7.96. The van der Waals surface area contributed by atoms with E-state index in [1.54, 1.807) is 20.4 Å². The summed E-state index contributed by atoms with van der Waals surface area (Å²) in [4.78, 5) is 11.4. The Hall–Kier alpha value is -3.68. The number of hydrogen-bond donors (Lipinski definition) is 3. The zero-order valence-corrected chi connectivity index (χ0v) is 16.5. The summed E-state index contributed by atoms with van der Waals surface area (Å²) in [5, 5.41) is 0.923. The summed E-state index contributed by atoms with van der Waals surface area (Å²) >= 11 is 0. The molecule has 5 N–H and O–H groups in total. The second kappa shape index (κ2) is 7.38. The smallest absolute Gasteiger partial charge is 0.221 e. The summed E-state index contributed by atoms with van der Waals surface area (Å²) in [6.45, 7) is 2.08. The number of benzene rings is 1. The molecule has 29 heavy (non-hydrogen) atoms. The third kappa shape index (κ3) is 3.33. The second-order valence-electron chi connectivity index (χ2n) is 6.83. The van der Waals surface area contributed by atoms with E-state index in [9.17, 15) is 0 Å². The van der Waals surface area contributed by atoms with Crippen molar-refractivity contribution in [2.45, 2.75) is 19.3 Å². The number of aromatic amines is 1. The SMILES string of the molecule is COc1cc(Cc2cnc(N)nc2N)c2cc([C@@H](C)c3ccc[nH]3)oc2c1OC. The van der Waals surface area contributed by atoms with Crippen molar-refractivity contribution in [3.8, 4) is 11.5 Å². The van der Waals surface area contributed by atoms with E-state index in [2.05, 4.69) is 21.9 Å². The van der Waals surface area contributed by atoms with Gasteiger partial charge in [0.2, 0.25) is 11.7 Å². The lowest BCUT2D eigenvalue weighted by atomic mass is 10.00. The van der Waals surface area contributed by atoms with Gasteiger partial charge in [-0.15, -0.1) is 0 Å². The van der Waals surface area contributed by atoms with Gasteiger partial charge in [-0.2, -0.15) is 4.98 Å². The van der Waals surface area contributed by atoms with Gasteiger partial charge in [-0.3, -0.25) is 0 Å². The molecule has 0 fully saturated rings. The van der Waals surface area contributed by atoms with Gasteiger partial charge >= 0.3 is 0 Å². The van der Waals surface area contributed by atoms with Crippen LogP contribution in [0.3, 0.4) is 0 Å². The number of aromatic nitrogens is 3. The molecule has 8 nitrogen and oxygen atoms in total. The van der Waals surface area contributed by atoms with Crippen LogP contribution in [0.4, 0.5) is 11.8 Å². The van der Waals surface area contributed by atoms with Crippen LogP contribution < -0.4 is 20.9 Å². The molecule has 1 aromatic carbocycles. The Morgan fingerprint density at radius 1 is 1.17 bits per heavy atom. The van der Waals surface area contributed by atoms with Crippen molar-refractivity contribution in [2.75, 3.05) is 25.7 Å². The summed E-state index contributed by atoms with van der Waals surface area (Å²) in [6.07, 6.45) is 4.04. The van der Waals surface area contributed by atoms with Gasteiger partial charge in [0.15, 0.2) is 11.3 Å². The van der Waals surface area contributed by atoms with Crippen LogP contribution >= 0.6 is 0 Å². The number of nitrogens with one attached hydrogen (secondary N) is 1. The number of methoxy groups -OCH3 is 2. The lowest BCUT2D eigenvalue weighted by molar-refractivity contribution is 0.352. The van der Waals surface area contributed by atoms with E-state index in [0.29, 0.717) is 29.3 Å². The Bertz CT molecular complexity index is 1150. The van der Waals surface area contributed by atoms with Crippen molar-refractivity contribution in [3.05, 3.63) is 59.2 Å². The third-order valence-electron chi connectivity index (χ3n) is 5.07. The van der Waals surface area contributed by atoms with Crippen LogP contribution in [0.1, 0.15) is 35.4 Å². The van der Waals surface area contributed by atoms with E-state index in [-0.39, 0.29) is 11.9 Å². The molecule has 0 radical (unpaired) electrons. The lowest BCUT2D eigenvalue weighted by Gasteiger charge is -2.12. The summed E-state index contributed by atoms with van der Waals surface area (Å²) in [5.41, 5.74) is 15.1. The first-order valence-electron chi connectivity index (χ1n) is 9.19. The van der Waals surface area contributed by atoms with E-state index in [4.69, 9.17) is 25.4 Å². The highest BCUT2D eigenvalue weighted by Crippen LogP contribution is 2.42. The van der Waals surface area contributed by atoms with Crippen molar-refractivity contribution >= 4 is 22.7 Å². The van der Waals surface area contributed by atoms with E-state index >= 15 is 0 Å². The molecule has 0 amide bonds. The van der Waals surface area contributed by atoms with Crippen LogP contribution in [0, 0.1) is 0 Å². The first-order valence-corrected chi connectivity index (χ1v) is 9.19. The van der Waals surface area contributed by atoms with Crippen molar-refractivity contribution in [1.29, 1.82) is 0 Å². The second-order valence-corrected chi connectivity index (χ2v) is 6.83. The molecule has 4 rings (SSSR count). The molecule has 0 aliphatic rings. The molecule has 0 saturated heterocycles. The number of hydrogen-bond acceptors (Lipinski definition) is 7. The highest BCUT2D eigenvalue weighted by Gasteiger charge is 2.22. The van der Waals surface area contributed by atoms with Crippen LogP contribution in [0.25, 0.3) is 11.0 Å². The summed E-state index contributed by atoms with van der Waals surface area (Å²) in [7, 11) is 3.19. The van der Waals surface area contributed by atoms with Crippen molar-refractivity contribution in [2.24, 2.45) is 0 Å². The lowest BCUT2D eigenvalue weighted by Crippen LogP contribution is -2.04. The minimum atomic E-state index is 0.0471. The van der Waals surface area contributed by atoms with Crippen molar-refractivity contribution in [1.82, 2.24) is 15.0 Å². The average Bonchev–Trinajstić information content (AvgIpc) is 3.39. The van der Waals surface area contributed by atoms with Crippen LogP contribution in [0.2, 0.25) is 0 Å². The Morgan fingerprint density at radius 2 is 2.00 bits per heavy atom. The Labute approximate surface area is 167 Å². The molecule has 0 spiro atoms. The van der Waals surface area contributed by atoms with Gasteiger partial charge in [0.05, 0.1) is 20.1 Å². The van der Waals surface area contributed by atoms with E-state index in [1.807, 2.05) is 30.5 Å². The maximum atomic E-state index is 6.24. The fraction of sp³-hybridized carbons (Fsp3) is 0.238. The minimum absolute atomic E-state index is 0.0471. The Kier molecular flexibility index (Phi) is 4.75. The van der Waals surface area contributed by atoms with Crippen LogP contribution in [-0.2, 0) is 6.42 Å². The maximum Gasteiger partial charge on any atom is 0.221 e. The molecule has 4 aromatic rings. The van der Waals surface area contributed by atoms with Crippen LogP contribution in [0.15, 0.2) is 41.1 Å². The van der Waals surface area contributed by atoms with Gasteiger partial charge in [0, 0.05) is 35.5 Å². The normalized spacial score (nSPS) is 12.2. The quantitative estimate of drug-likeness (QED) is 0.458. The number of fused-ring (bicyclic) bond motifs is 1. The highest BCUT2D eigenvalue weighted by molar-refractivity contribution is 5.90. The monoisotopic (exact) mass is 393 g/mol. The zero-order valence-electron chi connectivity index (χ0n) is 16.5. The maximum absolute atomic E-state index is 6.24. The third-order valence-corrected chi connectivity index (χ3v) is 5.07. The van der Waals surface area contributed by atoms with Crippen LogP contribution in [0.5, 0.6) is 11.5 Å². The molecule has 150 valence electrons. The van der Waals surface area contributed by atoms with Crippen LogP contribution in [-0.4, -0.2) is 29.2 Å². The molecular formula is C21H23N5O3. The molecule has 0 bridgehead atoms. The first-order chi connectivity index (χ1) is 14.0. The fourth-order valence-electron chi connectivity index (χ4n) is 3.48. The summed E-state index contributed by atoms with van der Waals surface area (Å²) < 4.78 is 17.4. The van der Waals surface area contributed by atoms with Gasteiger partial charge in [-0.1, -0.05) is 0 Å². The molecule has 1 atom stereocenters. The molecule has 0 aliphatic carbocycles. The average molecular weight is 393 g/mol. The van der Waals surface area contributed by atoms with Gasteiger partial charge < -0.3 is 30.3 Å². The number of nitrogen functional groups attached to an aromatic ring is 2. The molecule has 0 saturated carbocycles. The van der Waals surface area contributed by atoms with Gasteiger partial charge in [-0.05, 0) is 36.8 Å². The van der Waals surface area contributed by atoms with E-state index < -0.39 is 0 Å². The topological polar surface area (TPSA) is 125 Å². The molecule has 0 aliphatic heterocycles. The van der Waals surface area contributed by atoms with E-state index in [0.717, 1.165) is 28.0 Å². The highest BCUT2D eigenvalue weighted by atomic mass is 16.5. The number of furan rings is 1. The number of anilines is 2. The molecule has 3 aromatic heterocycles. The predicted molar refractivity (Wildman–Crippen MR) is 111 cm³/mol. The standard InChI is InChI=1S/C21H23N5O3/c1-11(15-5-4-6-24-15)16-9-14-12(7-13-10-25-21(23)26-20(13)22)8-17(27-2)19(28-3)18(14)29-16/h4-6,8-11,24H,7H2,1-3H3,(H4,22,23,25,26)/t11-/m0/s1. The molecule has 8 heteroatoms. The number of nitrogens with two attached hydrogens (primary N) is 2. The minimum Gasteiger partial charge on any atom is -0.493 e. The molecular weight excluding hydrogens is 370 g/mol.